The number of imidazole rings is 1. The first-order valence-electron chi connectivity index (χ1n) is 7.03. The van der Waals surface area contributed by atoms with Gasteiger partial charge < -0.3 is 14.4 Å². The molecule has 0 spiro atoms. The number of carboxylic acids is 1. The third-order valence-electron chi connectivity index (χ3n) is 2.94. The van der Waals surface area contributed by atoms with Gasteiger partial charge in [-0.2, -0.15) is 0 Å². The molecule has 1 N–H and O–H groups in total. The van der Waals surface area contributed by atoms with Crippen LogP contribution in [0.1, 0.15) is 55.8 Å². The number of aromatic carboxylic acids is 1. The standard InChI is InChI=1S/C14H22N2O4/c1-3-5-6-7-8-16-10-11(14(18)19)15-12(16)9-13(17)20-4-2/h10H,3-9H2,1-2H3,(H,18,19). The van der Waals surface area contributed by atoms with E-state index in [2.05, 4.69) is 11.9 Å². The Morgan fingerprint density at radius 2 is 2.05 bits per heavy atom. The van der Waals surface area contributed by atoms with E-state index in [0.29, 0.717) is 19.0 Å². The Morgan fingerprint density at radius 3 is 2.65 bits per heavy atom. The van der Waals surface area contributed by atoms with Crippen molar-refractivity contribution in [3.8, 4) is 0 Å². The smallest absolute Gasteiger partial charge is 0.356 e. The van der Waals surface area contributed by atoms with Crippen LogP contribution in [0.15, 0.2) is 6.20 Å². The van der Waals surface area contributed by atoms with Gasteiger partial charge in [0, 0.05) is 12.7 Å². The molecule has 0 aliphatic carbocycles. The van der Waals surface area contributed by atoms with E-state index in [-0.39, 0.29) is 18.1 Å². The van der Waals surface area contributed by atoms with Crippen molar-refractivity contribution >= 4 is 11.9 Å². The molecule has 0 fully saturated rings. The molecule has 20 heavy (non-hydrogen) atoms. The van der Waals surface area contributed by atoms with Crippen LogP contribution in [0.25, 0.3) is 0 Å². The SMILES string of the molecule is CCCCCCn1cc(C(=O)O)nc1CC(=O)OCC. The number of carbonyl (C=O) groups is 2. The number of hydrogen-bond donors (Lipinski definition) is 1. The van der Waals surface area contributed by atoms with Crippen LogP contribution < -0.4 is 0 Å². The maximum absolute atomic E-state index is 11.5. The van der Waals surface area contributed by atoms with Crippen molar-refractivity contribution in [3.63, 3.8) is 0 Å². The van der Waals surface area contributed by atoms with E-state index in [0.717, 1.165) is 25.7 Å². The Morgan fingerprint density at radius 1 is 1.30 bits per heavy atom. The quantitative estimate of drug-likeness (QED) is 0.555. The van der Waals surface area contributed by atoms with Gasteiger partial charge in [-0.1, -0.05) is 26.2 Å². The Balaban J connectivity index is 2.73. The summed E-state index contributed by atoms with van der Waals surface area (Å²) in [4.78, 5) is 26.5. The van der Waals surface area contributed by atoms with Gasteiger partial charge in [0.2, 0.25) is 0 Å². The summed E-state index contributed by atoms with van der Waals surface area (Å²) in [5.74, 6) is -1.01. The summed E-state index contributed by atoms with van der Waals surface area (Å²) in [5, 5.41) is 8.98. The summed E-state index contributed by atoms with van der Waals surface area (Å²) >= 11 is 0. The topological polar surface area (TPSA) is 81.4 Å². The zero-order valence-electron chi connectivity index (χ0n) is 12.1. The summed E-state index contributed by atoms with van der Waals surface area (Å²) in [6.45, 7) is 4.85. The first-order chi connectivity index (χ1) is 9.58. The van der Waals surface area contributed by atoms with Gasteiger partial charge in [-0.3, -0.25) is 4.79 Å². The minimum Gasteiger partial charge on any atom is -0.476 e. The predicted octanol–water partition coefficient (Wildman–Crippen LogP) is 2.27. The fourth-order valence-corrected chi connectivity index (χ4v) is 1.94. The van der Waals surface area contributed by atoms with Crippen LogP contribution in [0.5, 0.6) is 0 Å². The molecule has 0 unspecified atom stereocenters. The summed E-state index contributed by atoms with van der Waals surface area (Å²) in [5.41, 5.74) is -0.0280. The number of nitrogens with zero attached hydrogens (tertiary/aromatic N) is 2. The van der Waals surface area contributed by atoms with Gasteiger partial charge >= 0.3 is 11.9 Å². The Bertz CT molecular complexity index is 454. The molecule has 6 heteroatoms. The van der Waals surface area contributed by atoms with Crippen LogP contribution in [0.3, 0.4) is 0 Å². The molecule has 0 radical (unpaired) electrons. The first-order valence-corrected chi connectivity index (χ1v) is 7.03. The molecule has 112 valence electrons. The van der Waals surface area contributed by atoms with Crippen LogP contribution in [0.4, 0.5) is 0 Å². The molecule has 0 saturated heterocycles. The normalized spacial score (nSPS) is 10.5. The molecule has 0 amide bonds. The largest absolute Gasteiger partial charge is 0.476 e. The summed E-state index contributed by atoms with van der Waals surface area (Å²) in [7, 11) is 0. The van der Waals surface area contributed by atoms with Gasteiger partial charge in [-0.25, -0.2) is 9.78 Å². The van der Waals surface area contributed by atoms with E-state index in [1.54, 1.807) is 11.5 Å². The molecule has 0 saturated carbocycles. The number of aryl methyl sites for hydroxylation is 1. The number of rotatable bonds is 9. The van der Waals surface area contributed by atoms with Crippen LogP contribution in [-0.4, -0.2) is 33.2 Å². The lowest BCUT2D eigenvalue weighted by atomic mass is 10.2. The molecule has 0 atom stereocenters. The third-order valence-corrected chi connectivity index (χ3v) is 2.94. The van der Waals surface area contributed by atoms with Crippen molar-refractivity contribution in [2.45, 2.75) is 52.5 Å². The zero-order valence-corrected chi connectivity index (χ0v) is 12.1. The molecular weight excluding hydrogens is 260 g/mol. The molecule has 1 aromatic rings. The van der Waals surface area contributed by atoms with Crippen molar-refractivity contribution in [1.29, 1.82) is 0 Å². The highest BCUT2D eigenvalue weighted by atomic mass is 16.5. The molecule has 0 aromatic carbocycles. The average molecular weight is 282 g/mol. The second-order valence-electron chi connectivity index (χ2n) is 4.58. The fraction of sp³-hybridized carbons (Fsp3) is 0.643. The molecular formula is C14H22N2O4. The molecule has 0 bridgehead atoms. The number of unbranched alkanes of at least 4 members (excludes halogenated alkanes) is 3. The van der Waals surface area contributed by atoms with E-state index in [9.17, 15) is 9.59 Å². The van der Waals surface area contributed by atoms with Gasteiger partial charge in [0.25, 0.3) is 0 Å². The predicted molar refractivity (Wildman–Crippen MR) is 73.7 cm³/mol. The number of hydrogen-bond acceptors (Lipinski definition) is 4. The molecule has 6 nitrogen and oxygen atoms in total. The van der Waals surface area contributed by atoms with E-state index in [4.69, 9.17) is 9.84 Å². The van der Waals surface area contributed by atoms with Gasteiger partial charge in [-0.15, -0.1) is 0 Å². The Kier molecular flexibility index (Phi) is 6.76. The average Bonchev–Trinajstić information content (AvgIpc) is 2.78. The number of ether oxygens (including phenoxy) is 1. The minimum absolute atomic E-state index is 0.00883. The van der Waals surface area contributed by atoms with E-state index in [1.165, 1.54) is 6.20 Å². The van der Waals surface area contributed by atoms with Gasteiger partial charge in [0.15, 0.2) is 5.69 Å². The molecule has 0 aliphatic rings. The molecule has 0 aliphatic heterocycles. The number of aromatic nitrogens is 2. The lowest BCUT2D eigenvalue weighted by Crippen LogP contribution is -2.12. The van der Waals surface area contributed by atoms with Crippen molar-refractivity contribution in [2.24, 2.45) is 0 Å². The second-order valence-corrected chi connectivity index (χ2v) is 4.58. The molecule has 1 aromatic heterocycles. The maximum Gasteiger partial charge on any atom is 0.356 e. The zero-order chi connectivity index (χ0) is 15.0. The van der Waals surface area contributed by atoms with Crippen LogP contribution in [-0.2, 0) is 22.5 Å². The monoisotopic (exact) mass is 282 g/mol. The fourth-order valence-electron chi connectivity index (χ4n) is 1.94. The number of carboxylic acid groups (broad SMARTS) is 1. The lowest BCUT2D eigenvalue weighted by Gasteiger charge is -2.07. The number of esters is 1. The van der Waals surface area contributed by atoms with E-state index >= 15 is 0 Å². The van der Waals surface area contributed by atoms with Crippen molar-refractivity contribution < 1.29 is 19.4 Å². The highest BCUT2D eigenvalue weighted by molar-refractivity contribution is 5.85. The number of carbonyl (C=O) groups excluding carboxylic acids is 1. The minimum atomic E-state index is -1.08. The third kappa shape index (κ3) is 5.03. The lowest BCUT2D eigenvalue weighted by molar-refractivity contribution is -0.142. The van der Waals surface area contributed by atoms with Gasteiger partial charge in [0.05, 0.1) is 6.61 Å². The van der Waals surface area contributed by atoms with Crippen molar-refractivity contribution in [1.82, 2.24) is 9.55 Å². The second kappa shape index (κ2) is 8.35. The van der Waals surface area contributed by atoms with Crippen molar-refractivity contribution in [3.05, 3.63) is 17.7 Å². The van der Waals surface area contributed by atoms with Crippen LogP contribution >= 0.6 is 0 Å². The Hall–Kier alpha value is -1.85. The molecule has 1 rings (SSSR count). The highest BCUT2D eigenvalue weighted by Gasteiger charge is 2.16. The van der Waals surface area contributed by atoms with Gasteiger partial charge in [0.1, 0.15) is 12.2 Å². The van der Waals surface area contributed by atoms with E-state index < -0.39 is 5.97 Å². The summed E-state index contributed by atoms with van der Waals surface area (Å²) in [6.07, 6.45) is 5.81. The first kappa shape index (κ1) is 16.2. The van der Waals surface area contributed by atoms with Crippen LogP contribution in [0, 0.1) is 0 Å². The van der Waals surface area contributed by atoms with Gasteiger partial charge in [-0.05, 0) is 13.3 Å². The maximum atomic E-state index is 11.5. The van der Waals surface area contributed by atoms with Crippen LogP contribution in [0.2, 0.25) is 0 Å². The highest BCUT2D eigenvalue weighted by Crippen LogP contribution is 2.09. The Labute approximate surface area is 118 Å². The van der Waals surface area contributed by atoms with Crippen molar-refractivity contribution in [2.75, 3.05) is 6.61 Å². The molecule has 1 heterocycles. The summed E-state index contributed by atoms with van der Waals surface area (Å²) in [6, 6.07) is 0. The van der Waals surface area contributed by atoms with E-state index in [1.807, 2.05) is 0 Å². The summed E-state index contributed by atoms with van der Waals surface area (Å²) < 4.78 is 6.62.